The predicted molar refractivity (Wildman–Crippen MR) is 41.7 cm³/mol. The van der Waals surface area contributed by atoms with Crippen molar-refractivity contribution in [3.05, 3.63) is 0 Å². The molecular formula is C6H13BO5. The Morgan fingerprint density at radius 3 is 1.75 bits per heavy atom. The first-order valence-corrected chi connectivity index (χ1v) is 3.51. The number of aliphatic hydroxyl groups excluding tert-OH is 4. The van der Waals surface area contributed by atoms with Crippen LogP contribution in [0.1, 0.15) is 0 Å². The second-order valence-corrected chi connectivity index (χ2v) is 2.50. The molecule has 0 bridgehead atoms. The Kier molecular flexibility index (Phi) is 5.44. The topological polar surface area (TPSA) is 90.2 Å². The third kappa shape index (κ3) is 3.08. The van der Waals surface area contributed by atoms with Gasteiger partial charge in [-0.2, -0.15) is 0 Å². The van der Waals surface area contributed by atoms with Gasteiger partial charge in [-0.05, 0) is 0 Å². The minimum absolute atomic E-state index is 0.443. The van der Waals surface area contributed by atoms with Crippen molar-refractivity contribution in [1.29, 1.82) is 0 Å². The van der Waals surface area contributed by atoms with E-state index >= 15 is 0 Å². The molecule has 0 spiro atoms. The predicted octanol–water partition coefficient (Wildman–Crippen LogP) is -2.79. The van der Waals surface area contributed by atoms with Crippen molar-refractivity contribution in [3.8, 4) is 0 Å². The van der Waals surface area contributed by atoms with E-state index in [-0.39, 0.29) is 0 Å². The summed E-state index contributed by atoms with van der Waals surface area (Å²) in [5.74, 6) is 0. The Morgan fingerprint density at radius 1 is 1.08 bits per heavy atom. The minimum Gasteiger partial charge on any atom is -0.395 e. The molecule has 0 aliphatic heterocycles. The minimum atomic E-state index is -1.47. The molecule has 0 saturated carbocycles. The number of rotatable bonds is 6. The second-order valence-electron chi connectivity index (χ2n) is 2.50. The molecule has 0 aliphatic rings. The largest absolute Gasteiger partial charge is 0.395 e. The zero-order valence-electron chi connectivity index (χ0n) is 6.68. The van der Waals surface area contributed by atoms with Gasteiger partial charge in [-0.1, -0.05) is 0 Å². The molecule has 70 valence electrons. The molecule has 0 amide bonds. The first-order chi connectivity index (χ1) is 5.64. The van der Waals surface area contributed by atoms with Crippen molar-refractivity contribution >= 4 is 7.85 Å². The van der Waals surface area contributed by atoms with Crippen LogP contribution in [-0.2, 0) is 4.74 Å². The number of aliphatic hydroxyl groups is 4. The average molecular weight is 176 g/mol. The zero-order chi connectivity index (χ0) is 9.61. The van der Waals surface area contributed by atoms with Crippen LogP contribution < -0.4 is 0 Å². The molecule has 0 aromatic rings. The lowest BCUT2D eigenvalue weighted by molar-refractivity contribution is -0.150. The van der Waals surface area contributed by atoms with Crippen LogP contribution in [0.3, 0.4) is 0 Å². The lowest BCUT2D eigenvalue weighted by Gasteiger charge is -2.30. The van der Waals surface area contributed by atoms with Gasteiger partial charge in [0.05, 0.1) is 26.4 Å². The summed E-state index contributed by atoms with van der Waals surface area (Å²) >= 11 is 0. The third-order valence-electron chi connectivity index (χ3n) is 1.45. The maximum absolute atomic E-state index is 8.74. The highest BCUT2D eigenvalue weighted by molar-refractivity contribution is 6.11. The fourth-order valence-electron chi connectivity index (χ4n) is 0.620. The fourth-order valence-corrected chi connectivity index (χ4v) is 0.620. The van der Waals surface area contributed by atoms with Crippen LogP contribution in [0.2, 0.25) is 0 Å². The molecule has 1 unspecified atom stereocenters. The molecule has 0 heterocycles. The van der Waals surface area contributed by atoms with Gasteiger partial charge in [-0.3, -0.25) is 0 Å². The Labute approximate surface area is 72.0 Å². The Hall–Kier alpha value is -0.135. The van der Waals surface area contributed by atoms with Crippen molar-refractivity contribution in [3.63, 3.8) is 0 Å². The Morgan fingerprint density at radius 2 is 1.50 bits per heavy atom. The number of hydrogen-bond donors (Lipinski definition) is 4. The van der Waals surface area contributed by atoms with Gasteiger partial charge in [0.15, 0.2) is 0 Å². The molecule has 0 saturated heterocycles. The quantitative estimate of drug-likeness (QED) is 0.328. The van der Waals surface area contributed by atoms with Crippen LogP contribution in [0.25, 0.3) is 0 Å². The molecule has 4 N–H and O–H groups in total. The van der Waals surface area contributed by atoms with E-state index in [0.717, 1.165) is 0 Å². The summed E-state index contributed by atoms with van der Waals surface area (Å²) in [4.78, 5) is 0. The maximum atomic E-state index is 8.74. The summed E-state index contributed by atoms with van der Waals surface area (Å²) in [6.07, 6.45) is 0. The molecule has 5 nitrogen and oxygen atoms in total. The first-order valence-electron chi connectivity index (χ1n) is 3.51. The third-order valence-corrected chi connectivity index (χ3v) is 1.45. The van der Waals surface area contributed by atoms with Gasteiger partial charge in [0.2, 0.25) is 0 Å². The van der Waals surface area contributed by atoms with Gasteiger partial charge in [-0.25, -0.2) is 0 Å². The standard InChI is InChI=1S/C6H13BO5/c7-5(1-8)12-6(2-9,3-10)4-11/h5,8-11H,1-4H2. The van der Waals surface area contributed by atoms with E-state index in [1.165, 1.54) is 0 Å². The molecule has 12 heavy (non-hydrogen) atoms. The van der Waals surface area contributed by atoms with E-state index in [1.54, 1.807) is 0 Å². The van der Waals surface area contributed by atoms with E-state index in [9.17, 15) is 0 Å². The number of hydrogen-bond acceptors (Lipinski definition) is 5. The van der Waals surface area contributed by atoms with Crippen LogP contribution >= 0.6 is 0 Å². The van der Waals surface area contributed by atoms with Crippen LogP contribution in [0.15, 0.2) is 0 Å². The van der Waals surface area contributed by atoms with E-state index < -0.39 is 38.0 Å². The summed E-state index contributed by atoms with van der Waals surface area (Å²) in [5.41, 5.74) is -1.47. The lowest BCUT2D eigenvalue weighted by Crippen LogP contribution is -2.48. The normalized spacial score (nSPS) is 14.7. The highest BCUT2D eigenvalue weighted by atomic mass is 16.5. The van der Waals surface area contributed by atoms with Crippen molar-refractivity contribution in [1.82, 2.24) is 0 Å². The van der Waals surface area contributed by atoms with E-state index in [1.807, 2.05) is 0 Å². The van der Waals surface area contributed by atoms with Crippen molar-refractivity contribution in [2.24, 2.45) is 0 Å². The van der Waals surface area contributed by atoms with E-state index in [4.69, 9.17) is 33.0 Å². The van der Waals surface area contributed by atoms with Gasteiger partial charge < -0.3 is 25.2 Å². The van der Waals surface area contributed by atoms with Gasteiger partial charge >= 0.3 is 0 Å². The van der Waals surface area contributed by atoms with E-state index in [0.29, 0.717) is 0 Å². The zero-order valence-corrected chi connectivity index (χ0v) is 6.68. The lowest BCUT2D eigenvalue weighted by atomic mass is 9.99. The van der Waals surface area contributed by atoms with Crippen LogP contribution in [-0.4, -0.2) is 66.3 Å². The molecule has 0 fully saturated rings. The summed E-state index contributed by atoms with van der Waals surface area (Å²) in [6, 6.07) is -1.02. The molecule has 0 aliphatic carbocycles. The first kappa shape index (κ1) is 11.9. The molecule has 0 rings (SSSR count). The maximum Gasteiger partial charge on any atom is 0.136 e. The van der Waals surface area contributed by atoms with E-state index in [2.05, 4.69) is 0 Å². The molecule has 6 heteroatoms. The van der Waals surface area contributed by atoms with Crippen molar-refractivity contribution in [2.75, 3.05) is 26.4 Å². The summed E-state index contributed by atoms with van der Waals surface area (Å²) in [7, 11) is 5.18. The molecular weight excluding hydrogens is 163 g/mol. The van der Waals surface area contributed by atoms with Gasteiger partial charge in [0, 0.05) is 6.00 Å². The fraction of sp³-hybridized carbons (Fsp3) is 1.00. The number of ether oxygens (including phenoxy) is 1. The summed E-state index contributed by atoms with van der Waals surface area (Å²) in [6.45, 7) is -2.13. The van der Waals surface area contributed by atoms with Crippen molar-refractivity contribution < 1.29 is 25.2 Å². The van der Waals surface area contributed by atoms with Gasteiger partial charge in [0.25, 0.3) is 0 Å². The SMILES string of the molecule is [B]C(CO)OC(CO)(CO)CO. The second kappa shape index (κ2) is 5.50. The molecule has 0 aromatic carbocycles. The average Bonchev–Trinajstić information content (AvgIpc) is 2.14. The summed E-state index contributed by atoms with van der Waals surface area (Å²) < 4.78 is 4.81. The highest BCUT2D eigenvalue weighted by Crippen LogP contribution is 2.10. The molecule has 0 aromatic heterocycles. The van der Waals surface area contributed by atoms with Gasteiger partial charge in [-0.15, -0.1) is 0 Å². The molecule has 2 radical (unpaired) electrons. The molecule has 1 atom stereocenters. The summed E-state index contributed by atoms with van der Waals surface area (Å²) in [5, 5.41) is 34.7. The van der Waals surface area contributed by atoms with Crippen LogP contribution in [0, 0.1) is 0 Å². The smallest absolute Gasteiger partial charge is 0.136 e. The van der Waals surface area contributed by atoms with Crippen molar-refractivity contribution in [2.45, 2.75) is 11.6 Å². The highest BCUT2D eigenvalue weighted by Gasteiger charge is 2.30. The van der Waals surface area contributed by atoms with Crippen LogP contribution in [0.5, 0.6) is 0 Å². The van der Waals surface area contributed by atoms with Crippen LogP contribution in [0.4, 0.5) is 0 Å². The Bertz CT molecular complexity index is 108. The Balaban J connectivity index is 4.09. The van der Waals surface area contributed by atoms with Gasteiger partial charge in [0.1, 0.15) is 13.4 Å². The monoisotopic (exact) mass is 176 g/mol.